The minimum Gasteiger partial charge on any atom is -0.458 e. The van der Waals surface area contributed by atoms with E-state index in [1.165, 1.54) is 23.3 Å². The van der Waals surface area contributed by atoms with Gasteiger partial charge in [0.1, 0.15) is 13.2 Å². The van der Waals surface area contributed by atoms with Crippen molar-refractivity contribution in [1.29, 1.82) is 0 Å². The summed E-state index contributed by atoms with van der Waals surface area (Å²) in [6, 6.07) is 22.3. The van der Waals surface area contributed by atoms with Crippen LogP contribution in [0.15, 0.2) is 91.0 Å². The van der Waals surface area contributed by atoms with Crippen molar-refractivity contribution in [3.05, 3.63) is 113 Å². The van der Waals surface area contributed by atoms with Crippen LogP contribution >= 0.6 is 0 Å². The third-order valence-electron chi connectivity index (χ3n) is 5.51. The van der Waals surface area contributed by atoms with Crippen molar-refractivity contribution in [1.82, 2.24) is 0 Å². The van der Waals surface area contributed by atoms with Crippen LogP contribution in [0.3, 0.4) is 0 Å². The number of carbonyl (C=O) groups is 2. The Balaban J connectivity index is 1.87. The lowest BCUT2D eigenvalue weighted by atomic mass is 10.1. The Kier molecular flexibility index (Phi) is 9.02. The Labute approximate surface area is 207 Å². The van der Waals surface area contributed by atoms with Crippen molar-refractivity contribution < 1.29 is 19.1 Å². The van der Waals surface area contributed by atoms with Crippen molar-refractivity contribution in [3.8, 4) is 0 Å². The van der Waals surface area contributed by atoms with Crippen molar-refractivity contribution in [2.75, 3.05) is 4.90 Å². The molecule has 5 heteroatoms. The Hall–Kier alpha value is -4.12. The van der Waals surface area contributed by atoms with Crippen LogP contribution < -0.4 is 4.90 Å². The molecule has 0 fully saturated rings. The molecule has 0 aliphatic heterocycles. The Morgan fingerprint density at radius 3 is 1.49 bits per heavy atom. The van der Waals surface area contributed by atoms with Gasteiger partial charge in [-0.1, -0.05) is 42.5 Å². The summed E-state index contributed by atoms with van der Waals surface area (Å²) in [7, 11) is 0. The first-order valence-corrected chi connectivity index (χ1v) is 11.6. The van der Waals surface area contributed by atoms with Gasteiger partial charge in [0.2, 0.25) is 0 Å². The number of benzene rings is 3. The van der Waals surface area contributed by atoms with E-state index in [1.807, 2.05) is 48.5 Å². The van der Waals surface area contributed by atoms with Gasteiger partial charge in [-0.3, -0.25) is 0 Å². The summed E-state index contributed by atoms with van der Waals surface area (Å²) in [5.74, 6) is -0.713. The average Bonchev–Trinajstić information content (AvgIpc) is 2.86. The minimum atomic E-state index is -0.357. The Morgan fingerprint density at radius 1 is 0.657 bits per heavy atom. The van der Waals surface area contributed by atoms with Gasteiger partial charge in [0, 0.05) is 29.2 Å². The summed E-state index contributed by atoms with van der Waals surface area (Å²) >= 11 is 0. The first kappa shape index (κ1) is 25.5. The van der Waals surface area contributed by atoms with Crippen LogP contribution in [0.2, 0.25) is 0 Å². The lowest BCUT2D eigenvalue weighted by Gasteiger charge is -2.26. The molecule has 0 heterocycles. The molecule has 35 heavy (non-hydrogen) atoms. The number of nitrogens with zero attached hydrogens (tertiary/aromatic N) is 1. The normalized spacial score (nSPS) is 11.1. The van der Waals surface area contributed by atoms with Crippen molar-refractivity contribution in [2.45, 2.75) is 40.9 Å². The molecule has 0 aromatic heterocycles. The van der Waals surface area contributed by atoms with E-state index < -0.39 is 0 Å². The number of esters is 2. The molecule has 0 unspecified atom stereocenters. The van der Waals surface area contributed by atoms with E-state index in [0.717, 1.165) is 28.2 Å². The molecular weight excluding hydrogens is 438 g/mol. The molecule has 0 amide bonds. The zero-order valence-corrected chi connectivity index (χ0v) is 20.7. The van der Waals surface area contributed by atoms with Crippen LogP contribution in [0.5, 0.6) is 0 Å². The lowest BCUT2D eigenvalue weighted by molar-refractivity contribution is -0.139. The Morgan fingerprint density at radius 2 is 1.09 bits per heavy atom. The first-order chi connectivity index (χ1) is 16.9. The summed E-state index contributed by atoms with van der Waals surface area (Å²) in [6.07, 6.45) is 6.12. The number of hydrogen-bond donors (Lipinski definition) is 0. The molecule has 3 aromatic rings. The largest absolute Gasteiger partial charge is 0.458 e. The van der Waals surface area contributed by atoms with Gasteiger partial charge in [-0.05, 0) is 86.3 Å². The summed E-state index contributed by atoms with van der Waals surface area (Å²) in [5, 5.41) is 0. The topological polar surface area (TPSA) is 55.8 Å². The number of anilines is 3. The highest BCUT2D eigenvalue weighted by Crippen LogP contribution is 2.35. The molecule has 3 rings (SSSR count). The van der Waals surface area contributed by atoms with E-state index in [-0.39, 0.29) is 25.2 Å². The second-order valence-corrected chi connectivity index (χ2v) is 8.15. The molecule has 180 valence electrons. The highest BCUT2D eigenvalue weighted by Gasteiger charge is 2.14. The SMILES string of the molecule is C/C=C/C(=O)OCc1ccc(N(c2ccc(COC(=O)/C=C/C)cc2)c2ccc(C)c(C)c2)cc1. The standard InChI is InChI=1S/C30H31NO4/c1-5-7-29(32)34-20-24-10-15-26(16-11-24)31(28-14-9-22(3)23(4)19-28)27-17-12-25(13-18-27)21-35-30(33)8-6-2/h5-19H,20-21H2,1-4H3/b7-5+,8-6+. The third kappa shape index (κ3) is 7.18. The average molecular weight is 470 g/mol. The third-order valence-corrected chi connectivity index (χ3v) is 5.51. The van der Waals surface area contributed by atoms with E-state index in [1.54, 1.807) is 26.0 Å². The monoisotopic (exact) mass is 469 g/mol. The fourth-order valence-electron chi connectivity index (χ4n) is 3.47. The van der Waals surface area contributed by atoms with Crippen LogP contribution in [0.4, 0.5) is 17.1 Å². The number of rotatable bonds is 9. The van der Waals surface area contributed by atoms with Gasteiger partial charge in [0.15, 0.2) is 0 Å². The summed E-state index contributed by atoms with van der Waals surface area (Å²) in [6.45, 7) is 8.18. The minimum absolute atomic E-state index is 0.216. The van der Waals surface area contributed by atoms with E-state index >= 15 is 0 Å². The van der Waals surface area contributed by atoms with Gasteiger partial charge < -0.3 is 14.4 Å². The van der Waals surface area contributed by atoms with Gasteiger partial charge >= 0.3 is 11.9 Å². The number of aryl methyl sites for hydroxylation is 2. The van der Waals surface area contributed by atoms with Crippen LogP contribution in [0.1, 0.15) is 36.1 Å². The molecule has 0 aliphatic rings. The van der Waals surface area contributed by atoms with Crippen LogP contribution in [-0.4, -0.2) is 11.9 Å². The maximum Gasteiger partial charge on any atom is 0.330 e. The van der Waals surface area contributed by atoms with Gasteiger partial charge in [-0.15, -0.1) is 0 Å². The van der Waals surface area contributed by atoms with Gasteiger partial charge in [-0.25, -0.2) is 9.59 Å². The summed E-state index contributed by atoms with van der Waals surface area (Å²) in [5.41, 5.74) is 7.23. The highest BCUT2D eigenvalue weighted by atomic mass is 16.5. The van der Waals surface area contributed by atoms with Gasteiger partial charge in [0.25, 0.3) is 0 Å². The highest BCUT2D eigenvalue weighted by molar-refractivity contribution is 5.82. The zero-order valence-electron chi connectivity index (χ0n) is 20.7. The van der Waals surface area contributed by atoms with Gasteiger partial charge in [-0.2, -0.15) is 0 Å². The second kappa shape index (κ2) is 12.4. The quantitative estimate of drug-likeness (QED) is 0.249. The first-order valence-electron chi connectivity index (χ1n) is 11.6. The maximum absolute atomic E-state index is 11.6. The second-order valence-electron chi connectivity index (χ2n) is 8.15. The molecule has 0 saturated heterocycles. The van der Waals surface area contributed by atoms with Gasteiger partial charge in [0.05, 0.1) is 0 Å². The molecular formula is C30H31NO4. The molecule has 5 nitrogen and oxygen atoms in total. The van der Waals surface area contributed by atoms with E-state index in [4.69, 9.17) is 9.47 Å². The van der Waals surface area contributed by atoms with E-state index in [0.29, 0.717) is 0 Å². The molecule has 0 atom stereocenters. The smallest absolute Gasteiger partial charge is 0.330 e. The predicted octanol–water partition coefficient (Wildman–Crippen LogP) is 7.01. The maximum atomic E-state index is 11.6. The number of ether oxygens (including phenoxy) is 2. The predicted molar refractivity (Wildman–Crippen MR) is 140 cm³/mol. The van der Waals surface area contributed by atoms with Crippen molar-refractivity contribution >= 4 is 29.0 Å². The summed E-state index contributed by atoms with van der Waals surface area (Å²) < 4.78 is 10.5. The molecule has 0 spiro atoms. The number of allylic oxidation sites excluding steroid dienone is 2. The van der Waals surface area contributed by atoms with Crippen molar-refractivity contribution in [3.63, 3.8) is 0 Å². The molecule has 0 bridgehead atoms. The fourth-order valence-corrected chi connectivity index (χ4v) is 3.47. The van der Waals surface area contributed by atoms with E-state index in [9.17, 15) is 9.59 Å². The summed E-state index contributed by atoms with van der Waals surface area (Å²) in [4.78, 5) is 25.4. The number of carbonyl (C=O) groups excluding carboxylic acids is 2. The molecule has 0 aliphatic carbocycles. The van der Waals surface area contributed by atoms with Crippen LogP contribution in [-0.2, 0) is 32.3 Å². The molecule has 0 N–H and O–H groups in total. The Bertz CT molecular complexity index is 1140. The van der Waals surface area contributed by atoms with Crippen LogP contribution in [0, 0.1) is 13.8 Å². The molecule has 3 aromatic carbocycles. The zero-order chi connectivity index (χ0) is 25.2. The lowest BCUT2D eigenvalue weighted by Crippen LogP contribution is -2.11. The van der Waals surface area contributed by atoms with Crippen molar-refractivity contribution in [2.24, 2.45) is 0 Å². The number of hydrogen-bond acceptors (Lipinski definition) is 5. The van der Waals surface area contributed by atoms with E-state index in [2.05, 4.69) is 36.9 Å². The molecule has 0 saturated carbocycles. The fraction of sp³-hybridized carbons (Fsp3) is 0.200. The van der Waals surface area contributed by atoms with Crippen LogP contribution in [0.25, 0.3) is 0 Å². The molecule has 0 radical (unpaired) electrons.